The lowest BCUT2D eigenvalue weighted by atomic mass is 10.1. The molecule has 2 heteroatoms. The first-order valence-corrected chi connectivity index (χ1v) is 6.22. The second-order valence-electron chi connectivity index (χ2n) is 4.55. The van der Waals surface area contributed by atoms with Crippen molar-refractivity contribution in [2.24, 2.45) is 5.73 Å². The monoisotopic (exact) mass is 220 g/mol. The molecule has 90 valence electrons. The van der Waals surface area contributed by atoms with Gasteiger partial charge in [-0.2, -0.15) is 0 Å². The average Bonchev–Trinajstić information content (AvgIpc) is 2.29. The van der Waals surface area contributed by atoms with E-state index in [-0.39, 0.29) is 0 Å². The van der Waals surface area contributed by atoms with Gasteiger partial charge in [0.05, 0.1) is 0 Å². The molecule has 0 amide bonds. The van der Waals surface area contributed by atoms with Crippen molar-refractivity contribution in [2.75, 3.05) is 13.1 Å². The molecule has 0 heterocycles. The quantitative estimate of drug-likeness (QED) is 0.716. The predicted molar refractivity (Wildman–Crippen MR) is 70.3 cm³/mol. The summed E-state index contributed by atoms with van der Waals surface area (Å²) in [4.78, 5) is 2.50. The summed E-state index contributed by atoms with van der Waals surface area (Å²) in [5, 5.41) is 0. The molecule has 2 N–H and O–H groups in total. The molecule has 0 atom stereocenters. The van der Waals surface area contributed by atoms with E-state index in [1.165, 1.54) is 12.0 Å². The van der Waals surface area contributed by atoms with E-state index in [1.54, 1.807) is 0 Å². The predicted octanol–water partition coefficient (Wildman–Crippen LogP) is 2.64. The lowest BCUT2D eigenvalue weighted by Crippen LogP contribution is -2.31. The Bertz CT molecular complexity index is 269. The van der Waals surface area contributed by atoms with Gasteiger partial charge in [-0.25, -0.2) is 0 Å². The third-order valence-electron chi connectivity index (χ3n) is 2.86. The molecule has 1 rings (SSSR count). The molecule has 2 nitrogen and oxygen atoms in total. The minimum absolute atomic E-state index is 0.595. The van der Waals surface area contributed by atoms with Gasteiger partial charge < -0.3 is 5.73 Å². The second-order valence-corrected chi connectivity index (χ2v) is 4.55. The highest BCUT2D eigenvalue weighted by molar-refractivity contribution is 5.14. The maximum atomic E-state index is 5.52. The topological polar surface area (TPSA) is 29.3 Å². The molecule has 0 spiro atoms. The maximum absolute atomic E-state index is 5.52. The van der Waals surface area contributed by atoms with Crippen LogP contribution < -0.4 is 5.73 Å². The van der Waals surface area contributed by atoms with E-state index in [2.05, 4.69) is 49.1 Å². The highest BCUT2D eigenvalue weighted by Gasteiger charge is 2.08. The third-order valence-corrected chi connectivity index (χ3v) is 2.86. The molecule has 0 saturated heterocycles. The Kier molecular flexibility index (Phi) is 6.12. The Morgan fingerprint density at radius 2 is 1.81 bits per heavy atom. The minimum Gasteiger partial charge on any atom is -0.330 e. The number of hydrogen-bond donors (Lipinski definition) is 1. The van der Waals surface area contributed by atoms with Gasteiger partial charge >= 0.3 is 0 Å². The van der Waals surface area contributed by atoms with Crippen molar-refractivity contribution in [3.63, 3.8) is 0 Å². The fourth-order valence-corrected chi connectivity index (χ4v) is 1.80. The Labute approximate surface area is 99.5 Å². The van der Waals surface area contributed by atoms with E-state index < -0.39 is 0 Å². The van der Waals surface area contributed by atoms with Crippen LogP contribution in [0.2, 0.25) is 0 Å². The van der Waals surface area contributed by atoms with E-state index in [0.29, 0.717) is 6.04 Å². The van der Waals surface area contributed by atoms with E-state index in [0.717, 1.165) is 26.1 Å². The summed E-state index contributed by atoms with van der Waals surface area (Å²) in [5.41, 5.74) is 6.92. The van der Waals surface area contributed by atoms with Crippen molar-refractivity contribution in [2.45, 2.75) is 39.3 Å². The van der Waals surface area contributed by atoms with Crippen LogP contribution in [0.1, 0.15) is 32.3 Å². The van der Waals surface area contributed by atoms with Gasteiger partial charge in [0.15, 0.2) is 0 Å². The number of benzene rings is 1. The van der Waals surface area contributed by atoms with Crippen LogP contribution >= 0.6 is 0 Å². The minimum atomic E-state index is 0.595. The summed E-state index contributed by atoms with van der Waals surface area (Å²) in [5.74, 6) is 0. The SMILES string of the molecule is CC(C)N(CCCCN)Cc1ccccc1. The van der Waals surface area contributed by atoms with Crippen LogP contribution in [-0.4, -0.2) is 24.0 Å². The summed E-state index contributed by atoms with van der Waals surface area (Å²) in [6.45, 7) is 7.50. The molecule has 0 aliphatic rings. The van der Waals surface area contributed by atoms with Crippen molar-refractivity contribution in [3.8, 4) is 0 Å². The lowest BCUT2D eigenvalue weighted by molar-refractivity contribution is 0.209. The van der Waals surface area contributed by atoms with Crippen molar-refractivity contribution in [1.82, 2.24) is 4.90 Å². The maximum Gasteiger partial charge on any atom is 0.0236 e. The first-order chi connectivity index (χ1) is 7.74. The molecule has 0 saturated carbocycles. The molecule has 0 bridgehead atoms. The molecule has 0 aliphatic carbocycles. The summed E-state index contributed by atoms with van der Waals surface area (Å²) in [6.07, 6.45) is 2.32. The number of nitrogens with two attached hydrogens (primary N) is 1. The van der Waals surface area contributed by atoms with E-state index in [9.17, 15) is 0 Å². The highest BCUT2D eigenvalue weighted by Crippen LogP contribution is 2.09. The van der Waals surface area contributed by atoms with Crippen molar-refractivity contribution < 1.29 is 0 Å². The molecular weight excluding hydrogens is 196 g/mol. The highest BCUT2D eigenvalue weighted by atomic mass is 15.1. The first-order valence-electron chi connectivity index (χ1n) is 6.22. The zero-order valence-corrected chi connectivity index (χ0v) is 10.5. The molecule has 0 aliphatic heterocycles. The van der Waals surface area contributed by atoms with Gasteiger partial charge in [-0.1, -0.05) is 30.3 Å². The first kappa shape index (κ1) is 13.2. The zero-order chi connectivity index (χ0) is 11.8. The van der Waals surface area contributed by atoms with Crippen LogP contribution in [0.4, 0.5) is 0 Å². The van der Waals surface area contributed by atoms with Crippen LogP contribution in [0.15, 0.2) is 30.3 Å². The molecular formula is C14H24N2. The van der Waals surface area contributed by atoms with E-state index in [1.807, 2.05) is 0 Å². The van der Waals surface area contributed by atoms with Gasteiger partial charge in [-0.05, 0) is 45.3 Å². The average molecular weight is 220 g/mol. The van der Waals surface area contributed by atoms with Gasteiger partial charge in [-0.3, -0.25) is 4.90 Å². The molecule has 16 heavy (non-hydrogen) atoms. The summed E-state index contributed by atoms with van der Waals surface area (Å²) < 4.78 is 0. The Morgan fingerprint density at radius 1 is 1.12 bits per heavy atom. The third kappa shape index (κ3) is 4.77. The summed E-state index contributed by atoms with van der Waals surface area (Å²) >= 11 is 0. The van der Waals surface area contributed by atoms with Crippen LogP contribution in [0.5, 0.6) is 0 Å². The standard InChI is InChI=1S/C14H24N2/c1-13(2)16(11-7-6-10-15)12-14-8-4-3-5-9-14/h3-5,8-9,13H,6-7,10-12,15H2,1-2H3. The second kappa shape index (κ2) is 7.42. The summed E-state index contributed by atoms with van der Waals surface area (Å²) in [7, 11) is 0. The van der Waals surface area contributed by atoms with Crippen LogP contribution in [0.3, 0.4) is 0 Å². The molecule has 0 aromatic heterocycles. The van der Waals surface area contributed by atoms with Crippen LogP contribution in [0, 0.1) is 0 Å². The Balaban J connectivity index is 2.45. The molecule has 1 aromatic rings. The van der Waals surface area contributed by atoms with E-state index >= 15 is 0 Å². The van der Waals surface area contributed by atoms with Gasteiger partial charge in [0.25, 0.3) is 0 Å². The van der Waals surface area contributed by atoms with Crippen LogP contribution in [0.25, 0.3) is 0 Å². The van der Waals surface area contributed by atoms with Crippen molar-refractivity contribution in [1.29, 1.82) is 0 Å². The van der Waals surface area contributed by atoms with Gasteiger partial charge in [-0.15, -0.1) is 0 Å². The van der Waals surface area contributed by atoms with Crippen molar-refractivity contribution >= 4 is 0 Å². The largest absolute Gasteiger partial charge is 0.330 e. The Morgan fingerprint density at radius 3 is 2.38 bits per heavy atom. The van der Waals surface area contributed by atoms with Gasteiger partial charge in [0.2, 0.25) is 0 Å². The number of hydrogen-bond acceptors (Lipinski definition) is 2. The van der Waals surface area contributed by atoms with E-state index in [4.69, 9.17) is 5.73 Å². The zero-order valence-electron chi connectivity index (χ0n) is 10.5. The normalized spacial score (nSPS) is 11.3. The van der Waals surface area contributed by atoms with Crippen LogP contribution in [-0.2, 0) is 6.54 Å². The molecule has 0 unspecified atom stereocenters. The molecule has 0 radical (unpaired) electrons. The molecule has 1 aromatic carbocycles. The van der Waals surface area contributed by atoms with Gasteiger partial charge in [0.1, 0.15) is 0 Å². The lowest BCUT2D eigenvalue weighted by Gasteiger charge is -2.26. The smallest absolute Gasteiger partial charge is 0.0236 e. The van der Waals surface area contributed by atoms with Crippen molar-refractivity contribution in [3.05, 3.63) is 35.9 Å². The summed E-state index contributed by atoms with van der Waals surface area (Å²) in [6, 6.07) is 11.3. The number of nitrogens with zero attached hydrogens (tertiary/aromatic N) is 1. The fraction of sp³-hybridized carbons (Fsp3) is 0.571. The fourth-order valence-electron chi connectivity index (χ4n) is 1.80. The number of rotatable bonds is 7. The Hall–Kier alpha value is -0.860. The van der Waals surface area contributed by atoms with Gasteiger partial charge in [0, 0.05) is 12.6 Å². The molecule has 0 fully saturated rings. The number of unbranched alkanes of at least 4 members (excludes halogenated alkanes) is 1.